The summed E-state index contributed by atoms with van der Waals surface area (Å²) in [6, 6.07) is 0.744. The van der Waals surface area contributed by atoms with Gasteiger partial charge in [-0.2, -0.15) is 0 Å². The third kappa shape index (κ3) is 6.09. The zero-order valence-corrected chi connectivity index (χ0v) is 16.6. The Morgan fingerprint density at radius 3 is 2.63 bits per heavy atom. The van der Waals surface area contributed by atoms with E-state index in [0.717, 1.165) is 50.1 Å². The molecule has 2 rings (SSSR count). The predicted molar refractivity (Wildman–Crippen MR) is 100 cm³/mol. The minimum absolute atomic E-state index is 0.122. The van der Waals surface area contributed by atoms with Gasteiger partial charge in [-0.1, -0.05) is 19.3 Å². The Morgan fingerprint density at radius 1 is 1.37 bits per heavy atom. The van der Waals surface area contributed by atoms with Crippen LogP contribution in [-0.2, 0) is 14.8 Å². The van der Waals surface area contributed by atoms with Crippen molar-refractivity contribution in [3.8, 4) is 0 Å². The summed E-state index contributed by atoms with van der Waals surface area (Å²) in [7, 11) is -4.13. The lowest BCUT2D eigenvalue weighted by atomic mass is 9.84. The molecule has 7 nitrogen and oxygen atoms in total. The molecule has 0 aromatic carbocycles. The van der Waals surface area contributed by atoms with Gasteiger partial charge in [-0.3, -0.25) is 4.79 Å². The van der Waals surface area contributed by atoms with Gasteiger partial charge in [-0.05, 0) is 31.1 Å². The molecule has 0 unspecified atom stereocenters. The predicted octanol–water partition coefficient (Wildman–Crippen LogP) is 2.19. The van der Waals surface area contributed by atoms with Gasteiger partial charge < -0.3 is 11.1 Å². The molecule has 152 valence electrons. The molecule has 1 aliphatic rings. The van der Waals surface area contributed by atoms with E-state index in [0.29, 0.717) is 0 Å². The van der Waals surface area contributed by atoms with E-state index in [9.17, 15) is 22.0 Å². The Balaban J connectivity index is 2.11. The number of hydrogen-bond donors (Lipinski definition) is 3. The number of carbonyl (C=O) groups excluding carboxylic acids is 1. The maximum atomic E-state index is 12.4. The highest BCUT2D eigenvalue weighted by Gasteiger charge is 2.27. The van der Waals surface area contributed by atoms with Gasteiger partial charge in [0.05, 0.1) is 18.8 Å². The summed E-state index contributed by atoms with van der Waals surface area (Å²) in [6.45, 7) is -0.981. The molecule has 1 aliphatic carbocycles. The highest BCUT2D eigenvalue weighted by Crippen LogP contribution is 2.28. The Labute approximate surface area is 161 Å². The zero-order chi connectivity index (χ0) is 20.0. The number of carbonyl (C=O) groups is 1. The number of sulfonamides is 1. The summed E-state index contributed by atoms with van der Waals surface area (Å²) in [4.78, 5) is 16.4. The Kier molecular flexibility index (Phi) is 7.95. The molecule has 4 N–H and O–H groups in total. The van der Waals surface area contributed by atoms with E-state index in [1.165, 1.54) is 6.07 Å². The van der Waals surface area contributed by atoms with Gasteiger partial charge in [0.25, 0.3) is 6.43 Å². The van der Waals surface area contributed by atoms with E-state index in [1.807, 2.05) is 4.72 Å². The molecular weight excluding hydrogens is 398 g/mol. The molecule has 11 heteroatoms. The highest BCUT2D eigenvalue weighted by atomic mass is 32.2. The van der Waals surface area contributed by atoms with Gasteiger partial charge in [0.15, 0.2) is 0 Å². The number of halogens is 2. The van der Waals surface area contributed by atoms with Crippen LogP contribution in [0.5, 0.6) is 0 Å². The lowest BCUT2D eigenvalue weighted by Crippen LogP contribution is -2.42. The fourth-order valence-corrected chi connectivity index (χ4v) is 5.10. The van der Waals surface area contributed by atoms with Crippen molar-refractivity contribution >= 4 is 33.5 Å². The van der Waals surface area contributed by atoms with Gasteiger partial charge in [-0.25, -0.2) is 26.9 Å². The Morgan fingerprint density at radius 2 is 2.04 bits per heavy atom. The second kappa shape index (κ2) is 9.76. The molecule has 1 saturated carbocycles. The summed E-state index contributed by atoms with van der Waals surface area (Å²) in [5.41, 5.74) is 6.06. The number of pyridine rings is 1. The fraction of sp³-hybridized carbons (Fsp3) is 0.625. The summed E-state index contributed by atoms with van der Waals surface area (Å²) >= 11 is 1.11. The summed E-state index contributed by atoms with van der Waals surface area (Å²) in [5.74, 6) is -0.0757. The molecule has 1 aromatic heterocycles. The van der Waals surface area contributed by atoms with E-state index in [4.69, 9.17) is 5.73 Å². The number of anilines is 1. The van der Waals surface area contributed by atoms with Gasteiger partial charge in [0.2, 0.25) is 15.9 Å². The van der Waals surface area contributed by atoms with Crippen LogP contribution >= 0.6 is 11.8 Å². The highest BCUT2D eigenvalue weighted by molar-refractivity contribution is 7.99. The standard InChI is InChI=1S/C16H24F2N4O3S2/c1-26-11-7-14(20-8-12(11)27(24,25)21-9-13(17)18)22-16(23)15(19)10-5-3-2-4-6-10/h7-8,10,13,15,21H,2-6,9,19H2,1H3,(H,20,22,23)/t15-/m0/s1. The quantitative estimate of drug-likeness (QED) is 0.554. The Bertz CT molecular complexity index is 756. The minimum Gasteiger partial charge on any atom is -0.320 e. The van der Waals surface area contributed by atoms with Crippen molar-refractivity contribution in [1.29, 1.82) is 0 Å². The van der Waals surface area contributed by atoms with Gasteiger partial charge >= 0.3 is 0 Å². The van der Waals surface area contributed by atoms with E-state index in [-0.39, 0.29) is 27.4 Å². The van der Waals surface area contributed by atoms with E-state index in [1.54, 1.807) is 6.26 Å². The van der Waals surface area contributed by atoms with Crippen molar-refractivity contribution < 1.29 is 22.0 Å². The van der Waals surface area contributed by atoms with Crippen LogP contribution in [0.15, 0.2) is 22.1 Å². The lowest BCUT2D eigenvalue weighted by Gasteiger charge is -2.26. The minimum atomic E-state index is -4.13. The van der Waals surface area contributed by atoms with Crippen molar-refractivity contribution in [3.05, 3.63) is 12.3 Å². The van der Waals surface area contributed by atoms with Crippen LogP contribution in [-0.4, -0.2) is 44.6 Å². The van der Waals surface area contributed by atoms with Crippen molar-refractivity contribution in [1.82, 2.24) is 9.71 Å². The van der Waals surface area contributed by atoms with Crippen LogP contribution in [0.2, 0.25) is 0 Å². The third-order valence-electron chi connectivity index (χ3n) is 4.48. The van der Waals surface area contributed by atoms with Crippen molar-refractivity contribution in [2.75, 3.05) is 18.1 Å². The van der Waals surface area contributed by atoms with Crippen LogP contribution in [0.4, 0.5) is 14.6 Å². The van der Waals surface area contributed by atoms with Crippen LogP contribution in [0.25, 0.3) is 0 Å². The van der Waals surface area contributed by atoms with Crippen molar-refractivity contribution in [2.45, 2.75) is 54.4 Å². The van der Waals surface area contributed by atoms with E-state index in [2.05, 4.69) is 10.3 Å². The number of nitrogens with one attached hydrogen (secondary N) is 2. The number of amides is 1. The number of rotatable bonds is 8. The van der Waals surface area contributed by atoms with Gasteiger partial charge in [-0.15, -0.1) is 11.8 Å². The molecule has 1 atom stereocenters. The molecule has 0 aliphatic heterocycles. The average Bonchev–Trinajstić information content (AvgIpc) is 2.66. The SMILES string of the molecule is CSc1cc(NC(=O)[C@@H](N)C2CCCCC2)ncc1S(=O)(=O)NCC(F)F. The molecule has 1 fully saturated rings. The number of nitrogens with two attached hydrogens (primary N) is 1. The van der Waals surface area contributed by atoms with Crippen LogP contribution < -0.4 is 15.8 Å². The average molecular weight is 423 g/mol. The first-order valence-corrected chi connectivity index (χ1v) is 11.3. The topological polar surface area (TPSA) is 114 Å². The van der Waals surface area contributed by atoms with Crippen LogP contribution in [0.3, 0.4) is 0 Å². The summed E-state index contributed by atoms with van der Waals surface area (Å²) in [5, 5.41) is 2.62. The number of nitrogens with zero attached hydrogens (tertiary/aromatic N) is 1. The number of hydrogen-bond acceptors (Lipinski definition) is 6. The third-order valence-corrected chi connectivity index (χ3v) is 6.84. The van der Waals surface area contributed by atoms with Crippen molar-refractivity contribution in [2.24, 2.45) is 11.7 Å². The second-order valence-corrected chi connectivity index (χ2v) is 8.96. The molecule has 0 bridgehead atoms. The van der Waals surface area contributed by atoms with E-state index < -0.39 is 29.0 Å². The van der Waals surface area contributed by atoms with Crippen LogP contribution in [0, 0.1) is 5.92 Å². The number of aromatic nitrogens is 1. The fourth-order valence-electron chi connectivity index (χ4n) is 3.02. The monoisotopic (exact) mass is 422 g/mol. The normalized spacial score (nSPS) is 17.1. The maximum Gasteiger partial charge on any atom is 0.251 e. The first-order chi connectivity index (χ1) is 12.7. The van der Waals surface area contributed by atoms with Gasteiger partial charge in [0, 0.05) is 4.90 Å². The molecular formula is C16H24F2N4O3S2. The summed E-state index contributed by atoms with van der Waals surface area (Å²) in [6.07, 6.45) is 4.96. The Hall–Kier alpha value is -1.30. The van der Waals surface area contributed by atoms with E-state index >= 15 is 0 Å². The summed E-state index contributed by atoms with van der Waals surface area (Å²) < 4.78 is 50.7. The van der Waals surface area contributed by atoms with Crippen molar-refractivity contribution in [3.63, 3.8) is 0 Å². The number of thioether (sulfide) groups is 1. The molecule has 0 saturated heterocycles. The molecule has 1 heterocycles. The molecule has 1 aromatic rings. The molecule has 27 heavy (non-hydrogen) atoms. The lowest BCUT2D eigenvalue weighted by molar-refractivity contribution is -0.118. The van der Waals surface area contributed by atoms with Crippen LogP contribution in [0.1, 0.15) is 32.1 Å². The van der Waals surface area contributed by atoms with Gasteiger partial charge in [0.1, 0.15) is 10.7 Å². The molecule has 0 spiro atoms. The molecule has 1 amide bonds. The zero-order valence-electron chi connectivity index (χ0n) is 15.0. The first kappa shape index (κ1) is 22.0. The maximum absolute atomic E-state index is 12.4. The second-order valence-electron chi connectivity index (χ2n) is 6.38. The smallest absolute Gasteiger partial charge is 0.251 e. The number of alkyl halides is 2. The molecule has 0 radical (unpaired) electrons. The first-order valence-electron chi connectivity index (χ1n) is 8.63. The largest absolute Gasteiger partial charge is 0.320 e.